The maximum absolute atomic E-state index is 14.0. The second-order valence-corrected chi connectivity index (χ2v) is 17.3. The Morgan fingerprint density at radius 1 is 0.514 bits per heavy atom. The van der Waals surface area contributed by atoms with Crippen molar-refractivity contribution in [3.63, 3.8) is 0 Å². The number of hydrogen-bond donors (Lipinski definition) is 16. The quantitative estimate of drug-likeness (QED) is 0.0304. The lowest BCUT2D eigenvalue weighted by molar-refractivity contribution is -0.142. The average molecular weight is 1040 g/mol. The number of amides is 9. The monoisotopic (exact) mass is 1040 g/mol. The van der Waals surface area contributed by atoms with E-state index in [2.05, 4.69) is 47.9 Å². The molecule has 2 rings (SSSR count). The minimum atomic E-state index is -1.95. The fourth-order valence-corrected chi connectivity index (χ4v) is 6.80. The van der Waals surface area contributed by atoms with E-state index in [1.807, 2.05) is 0 Å². The van der Waals surface area contributed by atoms with Crippen LogP contribution in [0.4, 0.5) is 0 Å². The SMILES string of the molecule is C[C@H](N)C(=O)N[C@@H](Cc1ccccc1)C(=O)N[C@@H](Cc1ccccc1)C(=O)N[C@@H](CC(=O)O)C(=O)N[C@H](C(=O)N[C@@H](C)C(=O)N[C@@H](CO)C(=O)N[C@H](C(=O)NCC(=O)N[C@@H](CCCCN)C(=O)O)[C@@H](C)O)[C@@H](C)O. The molecule has 408 valence electrons. The van der Waals surface area contributed by atoms with Gasteiger partial charge in [-0.1, -0.05) is 60.7 Å². The van der Waals surface area contributed by atoms with E-state index in [0.29, 0.717) is 30.5 Å². The van der Waals surface area contributed by atoms with Crippen molar-refractivity contribution in [3.05, 3.63) is 71.8 Å². The van der Waals surface area contributed by atoms with Gasteiger partial charge in [0.05, 0.1) is 37.8 Å². The first kappa shape index (κ1) is 62.5. The van der Waals surface area contributed by atoms with Gasteiger partial charge in [-0.25, -0.2) is 4.79 Å². The number of nitrogens with two attached hydrogens (primary N) is 2. The summed E-state index contributed by atoms with van der Waals surface area (Å²) < 4.78 is 0. The highest BCUT2D eigenvalue weighted by atomic mass is 16.4. The van der Waals surface area contributed by atoms with Gasteiger partial charge in [-0.05, 0) is 64.6 Å². The molecule has 2 aromatic carbocycles. The van der Waals surface area contributed by atoms with Crippen molar-refractivity contribution >= 4 is 65.1 Å². The summed E-state index contributed by atoms with van der Waals surface area (Å²) in [6, 6.07) is 2.75. The zero-order valence-corrected chi connectivity index (χ0v) is 41.4. The third-order valence-corrected chi connectivity index (χ3v) is 11.0. The third kappa shape index (κ3) is 22.0. The number of carboxylic acid groups (broad SMARTS) is 2. The maximum atomic E-state index is 14.0. The highest BCUT2D eigenvalue weighted by molar-refractivity contribution is 5.99. The predicted octanol–water partition coefficient (Wildman–Crippen LogP) is -5.72. The highest BCUT2D eigenvalue weighted by Crippen LogP contribution is 2.10. The van der Waals surface area contributed by atoms with Crippen LogP contribution in [0.3, 0.4) is 0 Å². The molecule has 11 atom stereocenters. The van der Waals surface area contributed by atoms with E-state index < -0.39 is 151 Å². The molecule has 0 fully saturated rings. The van der Waals surface area contributed by atoms with Crippen molar-refractivity contribution in [2.75, 3.05) is 19.7 Å². The van der Waals surface area contributed by atoms with Gasteiger partial charge in [-0.2, -0.15) is 0 Å². The van der Waals surface area contributed by atoms with Crippen LogP contribution in [-0.4, -0.2) is 177 Å². The molecule has 0 unspecified atom stereocenters. The molecular formula is C47H69N11O16. The Balaban J connectivity index is 2.20. The summed E-state index contributed by atoms with van der Waals surface area (Å²) in [6.07, 6.45) is -3.69. The van der Waals surface area contributed by atoms with Crippen LogP contribution >= 0.6 is 0 Å². The first-order valence-electron chi connectivity index (χ1n) is 23.5. The van der Waals surface area contributed by atoms with E-state index in [9.17, 15) is 78.3 Å². The topological polar surface area (TPSA) is 449 Å². The van der Waals surface area contributed by atoms with Crippen molar-refractivity contribution in [1.29, 1.82) is 0 Å². The molecule has 0 aliphatic heterocycles. The van der Waals surface area contributed by atoms with Crippen LogP contribution in [0.5, 0.6) is 0 Å². The van der Waals surface area contributed by atoms with Gasteiger partial charge in [0.2, 0.25) is 53.2 Å². The summed E-state index contributed by atoms with van der Waals surface area (Å²) in [5.74, 6) is -12.4. The van der Waals surface area contributed by atoms with Gasteiger partial charge in [-0.3, -0.25) is 47.9 Å². The first-order chi connectivity index (χ1) is 34.9. The van der Waals surface area contributed by atoms with Crippen LogP contribution in [0.25, 0.3) is 0 Å². The second kappa shape index (κ2) is 31.8. The second-order valence-electron chi connectivity index (χ2n) is 17.3. The fraction of sp³-hybridized carbons (Fsp3) is 0.511. The van der Waals surface area contributed by atoms with Crippen LogP contribution in [0.1, 0.15) is 64.5 Å². The molecule has 18 N–H and O–H groups in total. The molecule has 0 aromatic heterocycles. The van der Waals surface area contributed by atoms with Crippen molar-refractivity contribution in [2.24, 2.45) is 11.5 Å². The number of carbonyl (C=O) groups is 11. The van der Waals surface area contributed by atoms with Gasteiger partial charge >= 0.3 is 11.9 Å². The van der Waals surface area contributed by atoms with E-state index in [1.54, 1.807) is 60.7 Å². The summed E-state index contributed by atoms with van der Waals surface area (Å²) in [5.41, 5.74) is 12.3. The van der Waals surface area contributed by atoms with Crippen molar-refractivity contribution in [3.8, 4) is 0 Å². The number of aliphatic carboxylic acids is 2. The standard InChI is InChI=1S/C47H69N11O16/c1-24(49)39(65)53-31(19-28-13-7-5-8-14-28)41(67)54-32(20-29-15-9-6-10-16-29)42(68)55-33(21-36(63)64)43(69)58-38(27(4)61)46(72)51-25(2)40(66)56-34(23-59)44(70)57-37(26(3)60)45(71)50-22-35(62)52-30(47(73)74)17-11-12-18-48/h5-10,13-16,24-27,30-34,37-38,59-61H,11-12,17-23,48-49H2,1-4H3,(H,50,71)(H,51,72)(H,52,62)(H,53,65)(H,54,67)(H,55,68)(H,56,66)(H,57,70)(H,58,69)(H,63,64)(H,73,74)/t24-,25-,26+,27+,30-,31-,32-,33-,34-,37-,38-/m0/s1. The molecule has 27 nitrogen and oxygen atoms in total. The number of rotatable bonds is 32. The molecule has 0 radical (unpaired) electrons. The van der Waals surface area contributed by atoms with Crippen LogP contribution < -0.4 is 59.3 Å². The maximum Gasteiger partial charge on any atom is 0.326 e. The number of carboxylic acids is 2. The molecule has 0 aliphatic rings. The van der Waals surface area contributed by atoms with E-state index in [-0.39, 0.29) is 19.3 Å². The molecule has 0 saturated carbocycles. The number of aliphatic hydroxyl groups excluding tert-OH is 3. The van der Waals surface area contributed by atoms with Crippen LogP contribution in [-0.2, 0) is 65.6 Å². The van der Waals surface area contributed by atoms with E-state index in [0.717, 1.165) is 20.8 Å². The lowest BCUT2D eigenvalue weighted by Gasteiger charge is -2.28. The number of benzene rings is 2. The average Bonchev–Trinajstić information content (AvgIpc) is 3.34. The van der Waals surface area contributed by atoms with Crippen LogP contribution in [0.15, 0.2) is 60.7 Å². The van der Waals surface area contributed by atoms with Gasteiger partial charge in [0.15, 0.2) is 0 Å². The van der Waals surface area contributed by atoms with Gasteiger partial charge in [0.25, 0.3) is 0 Å². The molecular weight excluding hydrogens is 975 g/mol. The van der Waals surface area contributed by atoms with E-state index >= 15 is 0 Å². The molecule has 0 heterocycles. The van der Waals surface area contributed by atoms with E-state index in [1.165, 1.54) is 6.92 Å². The Labute approximate surface area is 426 Å². The van der Waals surface area contributed by atoms with Crippen molar-refractivity contribution < 1.29 is 78.3 Å². The zero-order chi connectivity index (χ0) is 55.7. The Morgan fingerprint density at radius 3 is 1.41 bits per heavy atom. The molecule has 0 spiro atoms. The zero-order valence-electron chi connectivity index (χ0n) is 41.4. The Morgan fingerprint density at radius 2 is 0.959 bits per heavy atom. The largest absolute Gasteiger partial charge is 0.481 e. The first-order valence-corrected chi connectivity index (χ1v) is 23.5. The van der Waals surface area contributed by atoms with Crippen LogP contribution in [0.2, 0.25) is 0 Å². The summed E-state index contributed by atoms with van der Waals surface area (Å²) in [4.78, 5) is 143. The fourth-order valence-electron chi connectivity index (χ4n) is 6.80. The molecule has 27 heteroatoms. The lowest BCUT2D eigenvalue weighted by Crippen LogP contribution is -2.62. The predicted molar refractivity (Wildman–Crippen MR) is 261 cm³/mol. The molecule has 0 aliphatic carbocycles. The van der Waals surface area contributed by atoms with Gasteiger partial charge in [-0.15, -0.1) is 0 Å². The molecule has 0 bridgehead atoms. The normalized spacial score (nSPS) is 15.4. The molecule has 9 amide bonds. The summed E-state index contributed by atoms with van der Waals surface area (Å²) in [5, 5.41) is 70.3. The van der Waals surface area contributed by atoms with Gasteiger partial charge < -0.3 is 84.9 Å². The van der Waals surface area contributed by atoms with Gasteiger partial charge in [0, 0.05) is 12.8 Å². The third-order valence-electron chi connectivity index (χ3n) is 11.0. The van der Waals surface area contributed by atoms with Crippen molar-refractivity contribution in [1.82, 2.24) is 47.9 Å². The smallest absolute Gasteiger partial charge is 0.326 e. The number of aliphatic hydroxyl groups is 3. The summed E-state index contributed by atoms with van der Waals surface area (Å²) in [6.45, 7) is 3.12. The molecule has 74 heavy (non-hydrogen) atoms. The Kier molecular flexibility index (Phi) is 26.9. The molecule has 0 saturated heterocycles. The number of nitrogens with one attached hydrogen (secondary N) is 9. The van der Waals surface area contributed by atoms with Gasteiger partial charge in [0.1, 0.15) is 48.3 Å². The Bertz CT molecular complexity index is 2240. The van der Waals surface area contributed by atoms with E-state index in [4.69, 9.17) is 11.5 Å². The summed E-state index contributed by atoms with van der Waals surface area (Å²) in [7, 11) is 0. The van der Waals surface area contributed by atoms with Crippen LogP contribution in [0, 0.1) is 0 Å². The lowest BCUT2D eigenvalue weighted by atomic mass is 10.0. The van der Waals surface area contributed by atoms with Crippen molar-refractivity contribution in [2.45, 2.75) is 133 Å². The molecule has 2 aromatic rings. The number of carbonyl (C=O) groups excluding carboxylic acids is 9. The number of hydrogen-bond acceptors (Lipinski definition) is 16. The highest BCUT2D eigenvalue weighted by Gasteiger charge is 2.36. The minimum Gasteiger partial charge on any atom is -0.481 e. The number of unbranched alkanes of at least 4 members (excludes halogenated alkanes) is 1. The minimum absolute atomic E-state index is 0.0263. The Hall–Kier alpha value is -7.59. The summed E-state index contributed by atoms with van der Waals surface area (Å²) >= 11 is 0.